The van der Waals surface area contributed by atoms with Crippen molar-refractivity contribution < 1.29 is 24.6 Å². The third-order valence-corrected chi connectivity index (χ3v) is 10.3. The molecule has 39 heavy (non-hydrogen) atoms. The van der Waals surface area contributed by atoms with Crippen LogP contribution in [0.4, 0.5) is 0 Å². The predicted octanol–water partition coefficient (Wildman–Crippen LogP) is 4.34. The first kappa shape index (κ1) is 25.8. The van der Waals surface area contributed by atoms with Crippen LogP contribution in [0.1, 0.15) is 46.1 Å². The summed E-state index contributed by atoms with van der Waals surface area (Å²) in [4.78, 5) is 45.2. The van der Waals surface area contributed by atoms with Crippen molar-refractivity contribution in [3.8, 4) is 0 Å². The molecule has 4 N–H and O–H groups in total. The molecule has 7 nitrogen and oxygen atoms in total. The number of fused-ring (bicyclic) bond motifs is 2. The molecule has 1 spiro atoms. The third kappa shape index (κ3) is 3.48. The van der Waals surface area contributed by atoms with E-state index in [-0.39, 0.29) is 41.7 Å². The topological polar surface area (TPSA) is 119 Å². The largest absolute Gasteiger partial charge is 0.504 e. The lowest BCUT2D eigenvalue weighted by Crippen LogP contribution is -2.56. The first-order valence-corrected chi connectivity index (χ1v) is 13.9. The second kappa shape index (κ2) is 9.05. The van der Waals surface area contributed by atoms with Gasteiger partial charge in [-0.1, -0.05) is 42.8 Å². The number of allylic oxidation sites excluding steroid dienone is 3. The number of para-hydroxylation sites is 1. The molecule has 204 valence electrons. The zero-order chi connectivity index (χ0) is 27.8. The molecule has 0 unspecified atom stereocenters. The molecule has 0 radical (unpaired) electrons. The van der Waals surface area contributed by atoms with E-state index < -0.39 is 35.1 Å². The lowest BCUT2D eigenvalue weighted by Gasteiger charge is -2.47. The normalized spacial score (nSPS) is 37.6. The van der Waals surface area contributed by atoms with Gasteiger partial charge in [0.15, 0.2) is 11.5 Å². The van der Waals surface area contributed by atoms with Crippen LogP contribution in [0.25, 0.3) is 10.9 Å². The van der Waals surface area contributed by atoms with E-state index in [2.05, 4.69) is 10.3 Å². The maximum Gasteiger partial charge on any atom is 0.235 e. The van der Waals surface area contributed by atoms with E-state index in [9.17, 15) is 24.6 Å². The summed E-state index contributed by atoms with van der Waals surface area (Å²) in [6, 6.07) is 7.64. The van der Waals surface area contributed by atoms with Crippen LogP contribution in [0.3, 0.4) is 0 Å². The summed E-state index contributed by atoms with van der Waals surface area (Å²) in [5.41, 5.74) is 2.77. The van der Waals surface area contributed by atoms with Gasteiger partial charge in [0.05, 0.1) is 6.10 Å². The zero-order valence-electron chi connectivity index (χ0n) is 22.8. The number of benzene rings is 1. The number of carbonyl (C=O) groups is 3. The number of nitrogens with one attached hydrogen (secondary N) is 2. The van der Waals surface area contributed by atoms with Gasteiger partial charge in [-0.2, -0.15) is 0 Å². The Morgan fingerprint density at radius 1 is 1.05 bits per heavy atom. The molecule has 2 heterocycles. The second-order valence-electron chi connectivity index (χ2n) is 12.1. The monoisotopic (exact) mass is 528 g/mol. The number of hydrogen-bond acceptors (Lipinski definition) is 5. The summed E-state index contributed by atoms with van der Waals surface area (Å²) in [6.07, 6.45) is 5.79. The Morgan fingerprint density at radius 2 is 1.79 bits per heavy atom. The highest BCUT2D eigenvalue weighted by molar-refractivity contribution is 6.11. The number of hydrogen-bond donors (Lipinski definition) is 4. The van der Waals surface area contributed by atoms with E-state index in [1.807, 2.05) is 63.4 Å². The molecular weight excluding hydrogens is 492 g/mol. The van der Waals surface area contributed by atoms with Crippen molar-refractivity contribution in [2.24, 2.45) is 35.0 Å². The number of rotatable bonds is 2. The molecule has 4 aliphatic rings. The molecule has 1 saturated heterocycles. The van der Waals surface area contributed by atoms with Crippen molar-refractivity contribution in [1.82, 2.24) is 10.3 Å². The molecule has 0 bridgehead atoms. The number of Topliss-reactive ketones (excluding diaryl/α,β-unsaturated/α-hetero) is 2. The third-order valence-electron chi connectivity index (χ3n) is 10.3. The summed E-state index contributed by atoms with van der Waals surface area (Å²) in [7, 11) is 0. The molecule has 1 fully saturated rings. The van der Waals surface area contributed by atoms with E-state index in [4.69, 9.17) is 0 Å². The maximum atomic E-state index is 14.6. The summed E-state index contributed by atoms with van der Waals surface area (Å²) < 4.78 is 0. The zero-order valence-corrected chi connectivity index (χ0v) is 22.8. The Labute approximate surface area is 228 Å². The molecule has 2 aromatic rings. The molecule has 0 saturated carbocycles. The fraction of sp³-hybridized carbons (Fsp3) is 0.469. The van der Waals surface area contributed by atoms with Gasteiger partial charge in [0.1, 0.15) is 5.41 Å². The van der Waals surface area contributed by atoms with Gasteiger partial charge in [0.2, 0.25) is 11.7 Å². The molecule has 1 amide bonds. The van der Waals surface area contributed by atoms with Crippen LogP contribution >= 0.6 is 0 Å². The van der Waals surface area contributed by atoms with Crippen LogP contribution in [0.2, 0.25) is 0 Å². The minimum Gasteiger partial charge on any atom is -0.504 e. The van der Waals surface area contributed by atoms with Gasteiger partial charge in [-0.15, -0.1) is 0 Å². The number of H-pyrrole nitrogens is 1. The molecule has 1 aliphatic heterocycles. The van der Waals surface area contributed by atoms with Crippen molar-refractivity contribution in [2.45, 2.75) is 59.1 Å². The van der Waals surface area contributed by atoms with E-state index in [0.29, 0.717) is 18.4 Å². The van der Waals surface area contributed by atoms with E-state index >= 15 is 0 Å². The maximum absolute atomic E-state index is 14.6. The van der Waals surface area contributed by atoms with Gasteiger partial charge in [-0.05, 0) is 68.2 Å². The highest BCUT2D eigenvalue weighted by Gasteiger charge is 2.67. The van der Waals surface area contributed by atoms with Crippen molar-refractivity contribution >= 4 is 28.4 Å². The van der Waals surface area contributed by atoms with Gasteiger partial charge in [0.25, 0.3) is 0 Å². The quantitative estimate of drug-likeness (QED) is 0.342. The van der Waals surface area contributed by atoms with Crippen LogP contribution in [0.15, 0.2) is 65.1 Å². The van der Waals surface area contributed by atoms with Crippen LogP contribution in [-0.4, -0.2) is 44.8 Å². The summed E-state index contributed by atoms with van der Waals surface area (Å²) in [5, 5.41) is 26.3. The average molecular weight is 529 g/mol. The van der Waals surface area contributed by atoms with Gasteiger partial charge in [0, 0.05) is 47.3 Å². The molecule has 7 heteroatoms. The highest BCUT2D eigenvalue weighted by atomic mass is 16.3. The van der Waals surface area contributed by atoms with E-state index in [0.717, 1.165) is 27.6 Å². The second-order valence-corrected chi connectivity index (χ2v) is 12.1. The first-order chi connectivity index (χ1) is 18.6. The Bertz CT molecular complexity index is 1490. The molecule has 1 aromatic carbocycles. The Hall–Kier alpha value is -3.45. The smallest absolute Gasteiger partial charge is 0.235 e. The number of aromatic nitrogens is 1. The van der Waals surface area contributed by atoms with Crippen molar-refractivity contribution in [2.75, 3.05) is 0 Å². The number of ketones is 2. The van der Waals surface area contributed by atoms with Crippen LogP contribution in [-0.2, 0) is 20.8 Å². The Balaban J connectivity index is 1.48. The SMILES string of the molecule is CC1=C(O)C(=O)[C@@H]2CC(=O)[C@@]34C(=O)N[C@@H](Cc5c[nH]c6ccccc56)[C@@H]3C(C)=C(C)[C@@H](O)[C@@H]4/C=C/C[C@H](C)[C@@H]12. The fourth-order valence-corrected chi connectivity index (χ4v) is 8.27. The summed E-state index contributed by atoms with van der Waals surface area (Å²) >= 11 is 0. The minimum absolute atomic E-state index is 0.0173. The number of aliphatic hydroxyl groups excluding tert-OH is 2. The molecule has 3 aliphatic carbocycles. The predicted molar refractivity (Wildman–Crippen MR) is 148 cm³/mol. The molecule has 6 rings (SSSR count). The molecular formula is C32H36N2O5. The summed E-state index contributed by atoms with van der Waals surface area (Å²) in [5.74, 6) is -3.55. The van der Waals surface area contributed by atoms with Crippen molar-refractivity contribution in [3.63, 3.8) is 0 Å². The highest BCUT2D eigenvalue weighted by Crippen LogP contribution is 2.56. The van der Waals surface area contributed by atoms with Crippen LogP contribution < -0.4 is 5.32 Å². The van der Waals surface area contributed by atoms with Gasteiger partial charge in [-0.25, -0.2) is 0 Å². The Morgan fingerprint density at radius 3 is 2.56 bits per heavy atom. The van der Waals surface area contributed by atoms with Gasteiger partial charge in [-0.3, -0.25) is 14.4 Å². The number of carbonyl (C=O) groups excluding carboxylic acids is 3. The lowest BCUT2D eigenvalue weighted by molar-refractivity contribution is -0.149. The number of amides is 1. The van der Waals surface area contributed by atoms with Gasteiger partial charge < -0.3 is 20.5 Å². The van der Waals surface area contributed by atoms with Crippen LogP contribution in [0.5, 0.6) is 0 Å². The molecule has 1 aromatic heterocycles. The lowest BCUT2D eigenvalue weighted by atomic mass is 9.53. The molecule has 8 atom stereocenters. The average Bonchev–Trinajstić information content (AvgIpc) is 3.52. The van der Waals surface area contributed by atoms with Gasteiger partial charge >= 0.3 is 0 Å². The number of aromatic amines is 1. The minimum atomic E-state index is -1.53. The summed E-state index contributed by atoms with van der Waals surface area (Å²) in [6.45, 7) is 7.59. The van der Waals surface area contributed by atoms with Crippen molar-refractivity contribution in [3.05, 3.63) is 70.7 Å². The first-order valence-electron chi connectivity index (χ1n) is 13.9. The fourth-order valence-electron chi connectivity index (χ4n) is 8.27. The number of aliphatic hydroxyl groups is 2. The van der Waals surface area contributed by atoms with E-state index in [1.165, 1.54) is 0 Å². The standard InChI is InChI=1S/C32H36N2O5/c1-15-8-7-10-22-28(36)17(3)16(2)27-24(12-19-14-33-23-11-6-5-9-20(19)23)34-31(39)32(22,27)25(35)13-21-26(15)18(4)29(37)30(21)38/h5-7,9-11,14-15,21-22,24,26-28,33,36-37H,8,12-13H2,1-4H3,(H,34,39)/b10-7+/t15-,21+,22-,24-,26-,27-,28+,32+/m0/s1. The van der Waals surface area contributed by atoms with Crippen molar-refractivity contribution in [1.29, 1.82) is 0 Å². The Kier molecular flexibility index (Phi) is 5.99. The van der Waals surface area contributed by atoms with E-state index in [1.54, 1.807) is 6.92 Å². The van der Waals surface area contributed by atoms with Crippen LogP contribution in [0, 0.1) is 35.0 Å².